The van der Waals surface area contributed by atoms with Crippen molar-refractivity contribution < 1.29 is 19.5 Å². The van der Waals surface area contributed by atoms with E-state index in [-0.39, 0.29) is 40.4 Å². The van der Waals surface area contributed by atoms with Crippen LogP contribution in [0.25, 0.3) is 0 Å². The Morgan fingerprint density at radius 3 is 2.66 bits per heavy atom. The number of carbonyl (C=O) groups is 3. The minimum atomic E-state index is -0.572. The van der Waals surface area contributed by atoms with Crippen molar-refractivity contribution in [2.75, 3.05) is 19.7 Å². The maximum Gasteiger partial charge on any atom is 0.244 e. The third-order valence-electron chi connectivity index (χ3n) is 7.06. The quantitative estimate of drug-likeness (QED) is 0.265. The zero-order valence-corrected chi connectivity index (χ0v) is 21.8. The highest BCUT2D eigenvalue weighted by Crippen LogP contribution is 2.67. The number of hydrogen-bond acceptors (Lipinski definition) is 5. The van der Waals surface area contributed by atoms with Gasteiger partial charge >= 0.3 is 0 Å². The summed E-state index contributed by atoms with van der Waals surface area (Å²) in [6.07, 6.45) is 5.64. The predicted molar refractivity (Wildman–Crippen MR) is 131 cm³/mol. The lowest BCUT2D eigenvalue weighted by molar-refractivity contribution is -0.140. The number of nitrogens with zero attached hydrogens (tertiary/aromatic N) is 1. The first kappa shape index (κ1) is 25.8. The topological polar surface area (TPSA) is 98.7 Å². The summed E-state index contributed by atoms with van der Waals surface area (Å²) in [5.74, 6) is -1.08. The Kier molecular flexibility index (Phi) is 8.94. The summed E-state index contributed by atoms with van der Waals surface area (Å²) < 4.78 is -0.572. The summed E-state index contributed by atoms with van der Waals surface area (Å²) in [6.45, 7) is 7.31. The largest absolute Gasteiger partial charge is 0.396 e. The molecular weight excluding hydrogens is 494 g/mol. The molecule has 9 heteroatoms. The lowest BCUT2D eigenvalue weighted by Gasteiger charge is -2.36. The second-order valence-electron chi connectivity index (χ2n) is 9.47. The molecule has 2 bridgehead atoms. The molecule has 32 heavy (non-hydrogen) atoms. The zero-order chi connectivity index (χ0) is 23.5. The van der Waals surface area contributed by atoms with E-state index >= 15 is 0 Å². The van der Waals surface area contributed by atoms with E-state index in [1.54, 1.807) is 16.7 Å². The van der Waals surface area contributed by atoms with Gasteiger partial charge in [-0.25, -0.2) is 0 Å². The monoisotopic (exact) mass is 531 g/mol. The maximum atomic E-state index is 13.7. The predicted octanol–water partition coefficient (Wildman–Crippen LogP) is 2.44. The number of fused-ring (bicyclic) bond motifs is 1. The molecule has 3 fully saturated rings. The number of halogens is 1. The Morgan fingerprint density at radius 1 is 1.25 bits per heavy atom. The minimum absolute atomic E-state index is 0.000658. The van der Waals surface area contributed by atoms with Crippen LogP contribution in [0.2, 0.25) is 0 Å². The van der Waals surface area contributed by atoms with Gasteiger partial charge in [-0.15, -0.1) is 11.8 Å². The summed E-state index contributed by atoms with van der Waals surface area (Å²) in [7, 11) is 0. The average molecular weight is 533 g/mol. The van der Waals surface area contributed by atoms with Crippen LogP contribution < -0.4 is 10.6 Å². The number of alkyl halides is 1. The van der Waals surface area contributed by atoms with Crippen molar-refractivity contribution in [2.45, 2.75) is 92.6 Å². The highest BCUT2D eigenvalue weighted by atomic mass is 79.9. The number of aliphatic hydroxyl groups is 1. The smallest absolute Gasteiger partial charge is 0.244 e. The minimum Gasteiger partial charge on any atom is -0.396 e. The first-order valence-electron chi connectivity index (χ1n) is 12.1. The molecule has 3 N–H and O–H groups in total. The number of rotatable bonds is 12. The Bertz CT molecular complexity index is 711. The van der Waals surface area contributed by atoms with Gasteiger partial charge in [0.05, 0.1) is 16.6 Å². The van der Waals surface area contributed by atoms with E-state index in [1.807, 2.05) is 13.8 Å². The van der Waals surface area contributed by atoms with Crippen LogP contribution in [0.5, 0.6) is 0 Å². The Balaban J connectivity index is 1.90. The molecule has 4 unspecified atom stereocenters. The van der Waals surface area contributed by atoms with Crippen molar-refractivity contribution in [3.63, 3.8) is 0 Å². The third-order valence-corrected chi connectivity index (χ3v) is 10.3. The molecular formula is C23H38BrN3O4S. The van der Waals surface area contributed by atoms with Crippen LogP contribution in [0, 0.1) is 11.8 Å². The van der Waals surface area contributed by atoms with Crippen LogP contribution in [-0.4, -0.2) is 74.3 Å². The molecule has 0 saturated carbocycles. The summed E-state index contributed by atoms with van der Waals surface area (Å²) in [4.78, 5) is 42.3. The third kappa shape index (κ3) is 4.71. The first-order chi connectivity index (χ1) is 15.3. The van der Waals surface area contributed by atoms with Crippen molar-refractivity contribution in [3.05, 3.63) is 0 Å². The molecule has 3 rings (SSSR count). The number of amides is 3. The molecule has 3 heterocycles. The standard InChI is InChI=1S/C23H38BrN3O4S/c1-4-9-14(3)26-21(30)19-23-13-15(24)18(32-23)16(20(29)25-10-5-2)17(23)22(31)27(19)11-7-6-8-12-28/h14-19,28H,4-13H2,1-3H3,(H,25,29)(H,26,30)/t14?,15?,16-,17+,18-,19?,23?/m1/s1. The second kappa shape index (κ2) is 11.1. The van der Waals surface area contributed by atoms with E-state index in [9.17, 15) is 14.4 Å². The van der Waals surface area contributed by atoms with Crippen molar-refractivity contribution in [1.29, 1.82) is 0 Å². The van der Waals surface area contributed by atoms with Gasteiger partial charge in [-0.05, 0) is 45.4 Å². The van der Waals surface area contributed by atoms with Gasteiger partial charge in [-0.3, -0.25) is 14.4 Å². The van der Waals surface area contributed by atoms with Gasteiger partial charge < -0.3 is 20.6 Å². The fourth-order valence-corrected chi connectivity index (χ4v) is 9.35. The Labute approximate surface area is 204 Å². The molecule has 7 atom stereocenters. The summed E-state index contributed by atoms with van der Waals surface area (Å²) in [6, 6.07) is -0.520. The van der Waals surface area contributed by atoms with Crippen molar-refractivity contribution >= 4 is 45.4 Å². The maximum absolute atomic E-state index is 13.7. The number of unbranched alkanes of at least 4 members (excludes halogenated alkanes) is 2. The molecule has 1 spiro atoms. The molecule has 3 saturated heterocycles. The Morgan fingerprint density at radius 2 is 2.00 bits per heavy atom. The number of nitrogens with one attached hydrogen (secondary N) is 2. The first-order valence-corrected chi connectivity index (χ1v) is 13.9. The van der Waals surface area contributed by atoms with E-state index in [2.05, 4.69) is 33.5 Å². The van der Waals surface area contributed by atoms with E-state index in [0.717, 1.165) is 32.1 Å². The van der Waals surface area contributed by atoms with Gasteiger partial charge in [0.2, 0.25) is 17.7 Å². The number of aliphatic hydroxyl groups excluding tert-OH is 1. The van der Waals surface area contributed by atoms with E-state index in [0.29, 0.717) is 25.9 Å². The van der Waals surface area contributed by atoms with Crippen LogP contribution in [-0.2, 0) is 14.4 Å². The molecule has 3 aliphatic heterocycles. The normalized spacial score (nSPS) is 34.0. The second-order valence-corrected chi connectivity index (χ2v) is 12.2. The van der Waals surface area contributed by atoms with Crippen molar-refractivity contribution in [1.82, 2.24) is 15.5 Å². The van der Waals surface area contributed by atoms with Gasteiger partial charge in [0.1, 0.15) is 6.04 Å². The number of likely N-dealkylation sites (tertiary alicyclic amines) is 1. The van der Waals surface area contributed by atoms with Crippen LogP contribution in [0.3, 0.4) is 0 Å². The van der Waals surface area contributed by atoms with Gasteiger partial charge in [-0.2, -0.15) is 0 Å². The van der Waals surface area contributed by atoms with Crippen molar-refractivity contribution in [3.8, 4) is 0 Å². The molecule has 0 aliphatic carbocycles. The molecule has 0 radical (unpaired) electrons. The molecule has 7 nitrogen and oxygen atoms in total. The van der Waals surface area contributed by atoms with Gasteiger partial charge in [0.25, 0.3) is 0 Å². The highest BCUT2D eigenvalue weighted by Gasteiger charge is 2.75. The average Bonchev–Trinajstić information content (AvgIpc) is 3.33. The SMILES string of the molecule is CCCNC(=O)[C@H]1[C@@H]2SC3(CC2Br)C(C(=O)NC(C)CCC)N(CCCCCO)C(=O)[C@H]13. The van der Waals surface area contributed by atoms with Crippen LogP contribution >= 0.6 is 27.7 Å². The summed E-state index contributed by atoms with van der Waals surface area (Å²) in [5, 5.41) is 15.3. The zero-order valence-electron chi connectivity index (χ0n) is 19.4. The summed E-state index contributed by atoms with van der Waals surface area (Å²) in [5.41, 5.74) is 0. The van der Waals surface area contributed by atoms with Crippen LogP contribution in [0.1, 0.15) is 65.7 Å². The van der Waals surface area contributed by atoms with Crippen LogP contribution in [0.15, 0.2) is 0 Å². The summed E-state index contributed by atoms with van der Waals surface area (Å²) >= 11 is 5.46. The van der Waals surface area contributed by atoms with E-state index < -0.39 is 22.6 Å². The van der Waals surface area contributed by atoms with Crippen molar-refractivity contribution in [2.24, 2.45) is 11.8 Å². The molecule has 3 aliphatic rings. The van der Waals surface area contributed by atoms with E-state index in [1.165, 1.54) is 0 Å². The fourth-order valence-electron chi connectivity index (χ4n) is 5.73. The Hall–Kier alpha value is -0.800. The number of carbonyl (C=O) groups excluding carboxylic acids is 3. The highest BCUT2D eigenvalue weighted by molar-refractivity contribution is 9.09. The molecule has 182 valence electrons. The van der Waals surface area contributed by atoms with Gasteiger partial charge in [0, 0.05) is 35.8 Å². The van der Waals surface area contributed by atoms with Gasteiger partial charge in [-0.1, -0.05) is 36.2 Å². The van der Waals surface area contributed by atoms with Gasteiger partial charge in [0.15, 0.2) is 0 Å². The lowest BCUT2D eigenvalue weighted by Crippen LogP contribution is -2.56. The lowest BCUT2D eigenvalue weighted by atomic mass is 9.70. The fraction of sp³-hybridized carbons (Fsp3) is 0.870. The number of thioether (sulfide) groups is 1. The number of hydrogen-bond donors (Lipinski definition) is 3. The molecule has 0 aromatic carbocycles. The molecule has 0 aromatic rings. The van der Waals surface area contributed by atoms with E-state index in [4.69, 9.17) is 5.11 Å². The van der Waals surface area contributed by atoms with Crippen LogP contribution in [0.4, 0.5) is 0 Å². The molecule has 0 aromatic heterocycles. The molecule has 3 amide bonds.